The van der Waals surface area contributed by atoms with Gasteiger partial charge < -0.3 is 0 Å². The van der Waals surface area contributed by atoms with E-state index in [9.17, 15) is 0 Å². The molecule has 0 atom stereocenters. The Kier molecular flexibility index (Phi) is 13.5. The van der Waals surface area contributed by atoms with Gasteiger partial charge in [0, 0.05) is 0 Å². The van der Waals surface area contributed by atoms with E-state index in [-0.39, 0.29) is 0 Å². The van der Waals surface area contributed by atoms with Crippen LogP contribution in [0, 0.1) is 5.41 Å². The molecule has 0 aromatic rings. The van der Waals surface area contributed by atoms with Crippen molar-refractivity contribution in [3.63, 3.8) is 0 Å². The maximum Gasteiger partial charge on any atom is -0.0121 e. The van der Waals surface area contributed by atoms with E-state index < -0.39 is 0 Å². The maximum atomic E-state index is 4.18. The molecule has 0 bridgehead atoms. The van der Waals surface area contributed by atoms with Gasteiger partial charge in [-0.05, 0) is 24.7 Å². The van der Waals surface area contributed by atoms with E-state index in [0.29, 0.717) is 5.41 Å². The van der Waals surface area contributed by atoms with Crippen molar-refractivity contribution in [1.29, 1.82) is 0 Å². The zero-order valence-corrected chi connectivity index (χ0v) is 14.7. The largest absolute Gasteiger partial charge is 0.103 e. The van der Waals surface area contributed by atoms with Crippen LogP contribution in [0.2, 0.25) is 0 Å². The highest BCUT2D eigenvalue weighted by atomic mass is 14.3. The highest BCUT2D eigenvalue weighted by Crippen LogP contribution is 2.37. The fourth-order valence-electron chi connectivity index (χ4n) is 3.17. The molecule has 0 nitrogen and oxygen atoms in total. The second kappa shape index (κ2) is 13.7. The van der Waals surface area contributed by atoms with Crippen LogP contribution in [0.5, 0.6) is 0 Å². The quantitative estimate of drug-likeness (QED) is 0.213. The highest BCUT2D eigenvalue weighted by Gasteiger charge is 2.24. The third-order valence-electron chi connectivity index (χ3n) is 4.77. The Hall–Kier alpha value is -0.260. The van der Waals surface area contributed by atoms with Gasteiger partial charge in [0.05, 0.1) is 0 Å². The molecule has 20 heavy (non-hydrogen) atoms. The van der Waals surface area contributed by atoms with Gasteiger partial charge in [-0.3, -0.25) is 0 Å². The Bertz CT molecular complexity index is 196. The van der Waals surface area contributed by atoms with Gasteiger partial charge in [0.15, 0.2) is 0 Å². The van der Waals surface area contributed by atoms with Gasteiger partial charge in [0.1, 0.15) is 0 Å². The molecule has 120 valence electrons. The van der Waals surface area contributed by atoms with Gasteiger partial charge in [0.25, 0.3) is 0 Å². The van der Waals surface area contributed by atoms with Crippen LogP contribution in [0.4, 0.5) is 0 Å². The molecule has 0 heteroatoms. The van der Waals surface area contributed by atoms with Crippen molar-refractivity contribution in [2.75, 3.05) is 0 Å². The van der Waals surface area contributed by atoms with Crippen LogP contribution < -0.4 is 0 Å². The zero-order valence-electron chi connectivity index (χ0n) is 14.7. The average Bonchev–Trinajstić information content (AvgIpc) is 2.48. The van der Waals surface area contributed by atoms with Gasteiger partial charge in [-0.2, -0.15) is 0 Å². The van der Waals surface area contributed by atoms with Crippen LogP contribution in [-0.4, -0.2) is 0 Å². The van der Waals surface area contributed by atoms with Crippen molar-refractivity contribution in [3.05, 3.63) is 12.7 Å². The molecule has 0 aliphatic heterocycles. The lowest BCUT2D eigenvalue weighted by Crippen LogP contribution is -2.18. The van der Waals surface area contributed by atoms with Crippen LogP contribution in [0.15, 0.2) is 12.7 Å². The van der Waals surface area contributed by atoms with Crippen molar-refractivity contribution < 1.29 is 0 Å². The summed E-state index contributed by atoms with van der Waals surface area (Å²) in [5.41, 5.74) is 0.454. The summed E-state index contributed by atoms with van der Waals surface area (Å²) in [6.07, 6.45) is 21.7. The first-order valence-electron chi connectivity index (χ1n) is 9.38. The third-order valence-corrected chi connectivity index (χ3v) is 4.77. The van der Waals surface area contributed by atoms with Crippen LogP contribution >= 0.6 is 0 Å². The molecule has 0 amide bonds. The number of rotatable bonds is 15. The molecule has 0 aliphatic rings. The summed E-state index contributed by atoms with van der Waals surface area (Å²) in [4.78, 5) is 0. The summed E-state index contributed by atoms with van der Waals surface area (Å²) >= 11 is 0. The summed E-state index contributed by atoms with van der Waals surface area (Å²) in [5, 5.41) is 0. The normalized spacial score (nSPS) is 11.8. The van der Waals surface area contributed by atoms with E-state index in [4.69, 9.17) is 0 Å². The second-order valence-electron chi connectivity index (χ2n) is 6.64. The molecule has 0 saturated carbocycles. The predicted octanol–water partition coefficient (Wildman–Crippen LogP) is 7.68. The molecular weight excluding hydrogens is 240 g/mol. The van der Waals surface area contributed by atoms with Crippen molar-refractivity contribution in [1.82, 2.24) is 0 Å². The summed E-state index contributed by atoms with van der Waals surface area (Å²) in [6.45, 7) is 11.1. The molecule has 0 fully saturated rings. The third kappa shape index (κ3) is 9.61. The molecule has 0 spiro atoms. The summed E-state index contributed by atoms with van der Waals surface area (Å²) < 4.78 is 0. The monoisotopic (exact) mass is 280 g/mol. The van der Waals surface area contributed by atoms with Crippen molar-refractivity contribution >= 4 is 0 Å². The van der Waals surface area contributed by atoms with Crippen molar-refractivity contribution in [3.8, 4) is 0 Å². The molecule has 0 rings (SSSR count). The molecule has 0 aromatic carbocycles. The van der Waals surface area contributed by atoms with Crippen LogP contribution in [0.3, 0.4) is 0 Å². The number of hydrogen-bond donors (Lipinski definition) is 0. The standard InChI is InChI=1S/C20H40/c1-5-9-12-13-14-15-16-19-20(8-4,17-10-6-2)18-11-7-3/h8H,4-7,9-19H2,1-3H3. The number of hydrogen-bond acceptors (Lipinski definition) is 0. The fraction of sp³-hybridized carbons (Fsp3) is 0.900. The van der Waals surface area contributed by atoms with Crippen LogP contribution in [-0.2, 0) is 0 Å². The minimum Gasteiger partial charge on any atom is -0.103 e. The molecule has 0 aromatic heterocycles. The van der Waals surface area contributed by atoms with E-state index in [1.807, 2.05) is 0 Å². The first-order valence-corrected chi connectivity index (χ1v) is 9.38. The van der Waals surface area contributed by atoms with Gasteiger partial charge in [0.2, 0.25) is 0 Å². The lowest BCUT2D eigenvalue weighted by atomic mass is 9.74. The minimum absolute atomic E-state index is 0.454. The van der Waals surface area contributed by atoms with E-state index in [1.54, 1.807) is 0 Å². The summed E-state index contributed by atoms with van der Waals surface area (Å²) in [5.74, 6) is 0. The maximum absolute atomic E-state index is 4.18. The minimum atomic E-state index is 0.454. The molecule has 0 saturated heterocycles. The van der Waals surface area contributed by atoms with Gasteiger partial charge in [-0.1, -0.05) is 97.5 Å². The van der Waals surface area contributed by atoms with E-state index in [0.717, 1.165) is 0 Å². The first kappa shape index (κ1) is 19.7. The Morgan fingerprint density at radius 3 is 1.45 bits per heavy atom. The van der Waals surface area contributed by atoms with Gasteiger partial charge >= 0.3 is 0 Å². The molecule has 0 unspecified atom stereocenters. The fourth-order valence-corrected chi connectivity index (χ4v) is 3.17. The van der Waals surface area contributed by atoms with Gasteiger partial charge in [-0.25, -0.2) is 0 Å². The van der Waals surface area contributed by atoms with E-state index in [2.05, 4.69) is 33.4 Å². The smallest absolute Gasteiger partial charge is 0.0121 e. The van der Waals surface area contributed by atoms with E-state index >= 15 is 0 Å². The summed E-state index contributed by atoms with van der Waals surface area (Å²) in [7, 11) is 0. The molecule has 0 radical (unpaired) electrons. The van der Waals surface area contributed by atoms with Crippen LogP contribution in [0.1, 0.15) is 111 Å². The molecule has 0 aliphatic carbocycles. The molecular formula is C20H40. The predicted molar refractivity (Wildman–Crippen MR) is 94.3 cm³/mol. The highest BCUT2D eigenvalue weighted by molar-refractivity contribution is 4.94. The number of unbranched alkanes of at least 4 members (excludes halogenated alkanes) is 8. The Labute approximate surface area is 129 Å². The molecule has 0 N–H and O–H groups in total. The van der Waals surface area contributed by atoms with Crippen molar-refractivity contribution in [2.24, 2.45) is 5.41 Å². The van der Waals surface area contributed by atoms with Gasteiger partial charge in [-0.15, -0.1) is 6.58 Å². The number of allylic oxidation sites excluding steroid dienone is 1. The molecule has 0 heterocycles. The zero-order chi connectivity index (χ0) is 15.1. The Morgan fingerprint density at radius 2 is 1.00 bits per heavy atom. The first-order chi connectivity index (χ1) is 9.74. The topological polar surface area (TPSA) is 0 Å². The Morgan fingerprint density at radius 1 is 0.600 bits per heavy atom. The average molecular weight is 281 g/mol. The SMILES string of the molecule is C=CC(CCCC)(CCCC)CCCCCCCCC. The Balaban J connectivity index is 3.97. The lowest BCUT2D eigenvalue weighted by molar-refractivity contribution is 0.270. The second-order valence-corrected chi connectivity index (χ2v) is 6.64. The summed E-state index contributed by atoms with van der Waals surface area (Å²) in [6, 6.07) is 0. The van der Waals surface area contributed by atoms with E-state index in [1.165, 1.54) is 89.9 Å². The lowest BCUT2D eigenvalue weighted by Gasteiger charge is -2.31. The van der Waals surface area contributed by atoms with Crippen LogP contribution in [0.25, 0.3) is 0 Å². The van der Waals surface area contributed by atoms with Crippen molar-refractivity contribution in [2.45, 2.75) is 111 Å².